The highest BCUT2D eigenvalue weighted by Gasteiger charge is 2.58. The highest BCUT2D eigenvalue weighted by atomic mass is 16.7. The van der Waals surface area contributed by atoms with Gasteiger partial charge in [0, 0.05) is 5.82 Å². The van der Waals surface area contributed by atoms with Gasteiger partial charge in [0.2, 0.25) is 0 Å². The highest BCUT2D eigenvalue weighted by molar-refractivity contribution is 6.60. The fourth-order valence-electron chi connectivity index (χ4n) is 3.49. The number of benzene rings is 1. The fraction of sp³-hybridized carbons (Fsp3) is 0.636. The molecule has 2 aliphatic rings. The molecule has 2 aliphatic heterocycles. The van der Waals surface area contributed by atoms with Gasteiger partial charge in [0.05, 0.1) is 22.4 Å². The summed E-state index contributed by atoms with van der Waals surface area (Å²) in [6, 6.07) is 8.43. The van der Waals surface area contributed by atoms with E-state index in [4.69, 9.17) is 18.6 Å². The summed E-state index contributed by atoms with van der Waals surface area (Å²) in [5, 5.41) is 0. The lowest BCUT2D eigenvalue weighted by Crippen LogP contribution is -2.41. The molecular weight excluding hydrogens is 350 g/mol. The molecule has 1 aromatic rings. The zero-order chi connectivity index (χ0) is 21.1. The molecule has 1 atom stereocenters. The largest absolute Gasteiger partial charge is 0.490 e. The Hall–Kier alpha value is -1.07. The molecule has 0 aromatic heterocycles. The minimum Gasteiger partial charge on any atom is -0.403 e. The molecule has 0 saturated carbocycles. The van der Waals surface area contributed by atoms with Gasteiger partial charge in [-0.3, -0.25) is 0 Å². The van der Waals surface area contributed by atoms with Crippen LogP contribution in [-0.4, -0.2) is 36.6 Å². The molecule has 1 aromatic carbocycles. The molecule has 0 radical (unpaired) electrons. The first-order valence-corrected chi connectivity index (χ1v) is 10.1. The minimum absolute atomic E-state index is 0.198. The third-order valence-electron chi connectivity index (χ3n) is 6.94. The van der Waals surface area contributed by atoms with Crippen LogP contribution in [0.1, 0.15) is 72.3 Å². The van der Waals surface area contributed by atoms with Crippen molar-refractivity contribution in [2.24, 2.45) is 0 Å². The van der Waals surface area contributed by atoms with Crippen molar-refractivity contribution in [1.29, 1.82) is 0 Å². The zero-order valence-electron chi connectivity index (χ0n) is 18.9. The molecule has 3 rings (SSSR count). The van der Waals surface area contributed by atoms with E-state index in [2.05, 4.69) is 93.2 Å². The predicted octanol–water partition coefficient (Wildman–Crippen LogP) is 4.90. The van der Waals surface area contributed by atoms with Crippen molar-refractivity contribution in [3.05, 3.63) is 47.4 Å². The van der Waals surface area contributed by atoms with Gasteiger partial charge in [-0.05, 0) is 73.3 Å². The lowest BCUT2D eigenvalue weighted by atomic mass is 9.55. The van der Waals surface area contributed by atoms with Gasteiger partial charge in [-0.1, -0.05) is 29.8 Å². The normalized spacial score (nSPS) is 25.8. The van der Waals surface area contributed by atoms with Crippen LogP contribution < -0.4 is 0 Å². The topological polar surface area (TPSA) is 36.9 Å². The molecular formula is C22H34B2O4. The van der Waals surface area contributed by atoms with E-state index in [9.17, 15) is 0 Å². The van der Waals surface area contributed by atoms with Gasteiger partial charge in [-0.15, -0.1) is 6.58 Å². The SMILES string of the molecule is C=C(B1OC(C)(C)C(C)(C)O1)[C@H](B1OC(C)(C)C(C)(C)O1)c1ccc(C)cc1. The molecule has 0 unspecified atom stereocenters. The fourth-order valence-corrected chi connectivity index (χ4v) is 3.49. The van der Waals surface area contributed by atoms with Gasteiger partial charge in [0.25, 0.3) is 0 Å². The van der Waals surface area contributed by atoms with E-state index in [1.54, 1.807) is 0 Å². The summed E-state index contributed by atoms with van der Waals surface area (Å²) in [6.45, 7) is 22.9. The quantitative estimate of drug-likeness (QED) is 0.693. The molecule has 0 N–H and O–H groups in total. The average Bonchev–Trinajstić information content (AvgIpc) is 2.89. The van der Waals surface area contributed by atoms with Crippen molar-refractivity contribution in [3.8, 4) is 0 Å². The van der Waals surface area contributed by atoms with E-state index < -0.39 is 36.6 Å². The standard InChI is InChI=1S/C22H34B2O4/c1-15-11-13-17(14-12-15)18(24-27-21(7,8)22(9,10)28-24)16(2)23-25-19(3,4)20(5,6)26-23/h11-14,18H,2H2,1,3-10H3/t18-/m0/s1. The average molecular weight is 384 g/mol. The maximum absolute atomic E-state index is 6.40. The predicted molar refractivity (Wildman–Crippen MR) is 115 cm³/mol. The first kappa shape index (κ1) is 21.6. The molecule has 2 saturated heterocycles. The molecule has 0 spiro atoms. The van der Waals surface area contributed by atoms with Gasteiger partial charge >= 0.3 is 14.2 Å². The summed E-state index contributed by atoms with van der Waals surface area (Å²) in [4.78, 5) is 0. The van der Waals surface area contributed by atoms with Crippen molar-refractivity contribution >= 4 is 14.2 Å². The minimum atomic E-state index is -0.518. The van der Waals surface area contributed by atoms with Gasteiger partial charge in [-0.2, -0.15) is 0 Å². The van der Waals surface area contributed by atoms with Crippen molar-refractivity contribution in [2.75, 3.05) is 0 Å². The molecule has 0 aliphatic carbocycles. The Morgan fingerprint density at radius 2 is 1.14 bits per heavy atom. The van der Waals surface area contributed by atoms with Crippen molar-refractivity contribution in [3.63, 3.8) is 0 Å². The van der Waals surface area contributed by atoms with Crippen LogP contribution in [-0.2, 0) is 18.6 Å². The lowest BCUT2D eigenvalue weighted by Gasteiger charge is -2.32. The number of hydrogen-bond donors (Lipinski definition) is 0. The summed E-state index contributed by atoms with van der Waals surface area (Å²) in [5.74, 6) is -0.198. The van der Waals surface area contributed by atoms with E-state index in [1.807, 2.05) is 0 Å². The molecule has 2 fully saturated rings. The smallest absolute Gasteiger partial charge is 0.403 e. The van der Waals surface area contributed by atoms with Crippen LogP contribution in [0.25, 0.3) is 0 Å². The van der Waals surface area contributed by atoms with Gasteiger partial charge in [-0.25, -0.2) is 0 Å². The third-order valence-corrected chi connectivity index (χ3v) is 6.94. The third kappa shape index (κ3) is 3.60. The Balaban J connectivity index is 1.96. The molecule has 0 bridgehead atoms. The molecule has 4 nitrogen and oxygen atoms in total. The number of rotatable bonds is 4. The number of hydrogen-bond acceptors (Lipinski definition) is 4. The van der Waals surface area contributed by atoms with Gasteiger partial charge in [0.15, 0.2) is 0 Å². The lowest BCUT2D eigenvalue weighted by molar-refractivity contribution is 0.00578. The van der Waals surface area contributed by atoms with E-state index in [1.165, 1.54) is 5.56 Å². The van der Waals surface area contributed by atoms with Crippen LogP contribution in [0, 0.1) is 6.92 Å². The molecule has 0 amide bonds. The van der Waals surface area contributed by atoms with Crippen LogP contribution in [0.4, 0.5) is 0 Å². The Kier molecular flexibility index (Phi) is 5.20. The van der Waals surface area contributed by atoms with Crippen molar-refractivity contribution < 1.29 is 18.6 Å². The summed E-state index contributed by atoms with van der Waals surface area (Å²) < 4.78 is 25.4. The van der Waals surface area contributed by atoms with Crippen LogP contribution in [0.3, 0.4) is 0 Å². The van der Waals surface area contributed by atoms with Crippen LogP contribution in [0.2, 0.25) is 0 Å². The first-order chi connectivity index (χ1) is 12.7. The second-order valence-corrected chi connectivity index (χ2v) is 10.2. The number of aryl methyl sites for hydroxylation is 1. The van der Waals surface area contributed by atoms with Crippen LogP contribution >= 0.6 is 0 Å². The van der Waals surface area contributed by atoms with E-state index >= 15 is 0 Å². The van der Waals surface area contributed by atoms with Gasteiger partial charge in [0.1, 0.15) is 0 Å². The van der Waals surface area contributed by atoms with E-state index in [-0.39, 0.29) is 5.82 Å². The monoisotopic (exact) mass is 384 g/mol. The second kappa shape index (κ2) is 6.73. The summed E-state index contributed by atoms with van der Waals surface area (Å²) in [6.07, 6.45) is 0. The molecule has 2 heterocycles. The van der Waals surface area contributed by atoms with Crippen LogP contribution in [0.5, 0.6) is 0 Å². The Morgan fingerprint density at radius 3 is 1.57 bits per heavy atom. The Bertz CT molecular complexity index is 720. The van der Waals surface area contributed by atoms with E-state index in [0.29, 0.717) is 0 Å². The second-order valence-electron chi connectivity index (χ2n) is 10.2. The van der Waals surface area contributed by atoms with E-state index in [0.717, 1.165) is 11.0 Å². The number of allylic oxidation sites excluding steroid dienone is 1. The Morgan fingerprint density at radius 1 is 0.750 bits per heavy atom. The first-order valence-electron chi connectivity index (χ1n) is 10.1. The maximum atomic E-state index is 6.40. The summed E-state index contributed by atoms with van der Waals surface area (Å²) >= 11 is 0. The van der Waals surface area contributed by atoms with Crippen molar-refractivity contribution in [2.45, 2.75) is 90.5 Å². The highest BCUT2D eigenvalue weighted by Crippen LogP contribution is 2.46. The Labute approximate surface area is 171 Å². The molecule has 28 heavy (non-hydrogen) atoms. The van der Waals surface area contributed by atoms with Crippen molar-refractivity contribution in [1.82, 2.24) is 0 Å². The van der Waals surface area contributed by atoms with Gasteiger partial charge < -0.3 is 18.6 Å². The summed E-state index contributed by atoms with van der Waals surface area (Å²) in [7, 11) is -0.977. The van der Waals surface area contributed by atoms with Crippen LogP contribution in [0.15, 0.2) is 36.3 Å². The maximum Gasteiger partial charge on any atom is 0.490 e. The summed E-state index contributed by atoms with van der Waals surface area (Å²) in [5.41, 5.74) is 1.43. The molecule has 6 heteroatoms. The zero-order valence-corrected chi connectivity index (χ0v) is 18.9. The molecule has 152 valence electrons.